The number of methoxy groups -OCH3 is 1. The smallest absolute Gasteiger partial charge is 0.118 e. The molecule has 0 aromatic heterocycles. The van der Waals surface area contributed by atoms with Gasteiger partial charge < -0.3 is 4.74 Å². The highest BCUT2D eigenvalue weighted by molar-refractivity contribution is 5.38. The molecule has 3 unspecified atom stereocenters. The lowest BCUT2D eigenvalue weighted by Gasteiger charge is -2.40. The second kappa shape index (κ2) is 7.49. The second-order valence-corrected chi connectivity index (χ2v) is 6.22. The van der Waals surface area contributed by atoms with E-state index in [9.17, 15) is 5.26 Å². The van der Waals surface area contributed by atoms with E-state index >= 15 is 0 Å². The SMILES string of the molecule is CCC(C1CC=CCC1)C(C#N)(CC)c1ccc(OC)cc1. The summed E-state index contributed by atoms with van der Waals surface area (Å²) in [5, 5.41) is 10.1. The van der Waals surface area contributed by atoms with Gasteiger partial charge in [-0.1, -0.05) is 44.6 Å². The van der Waals surface area contributed by atoms with Crippen molar-refractivity contribution in [1.82, 2.24) is 0 Å². The van der Waals surface area contributed by atoms with Crippen molar-refractivity contribution in [3.05, 3.63) is 42.0 Å². The average Bonchev–Trinajstić information content (AvgIpc) is 2.60. The molecule has 0 saturated heterocycles. The molecule has 0 saturated carbocycles. The number of nitriles is 1. The minimum Gasteiger partial charge on any atom is -0.497 e. The molecule has 0 spiro atoms. The van der Waals surface area contributed by atoms with Crippen LogP contribution in [0.1, 0.15) is 51.5 Å². The van der Waals surface area contributed by atoms with Gasteiger partial charge in [-0.05, 0) is 55.2 Å². The zero-order valence-corrected chi connectivity index (χ0v) is 14.0. The van der Waals surface area contributed by atoms with Crippen LogP contribution in [0.4, 0.5) is 0 Å². The molecule has 0 radical (unpaired) electrons. The van der Waals surface area contributed by atoms with Crippen molar-refractivity contribution >= 4 is 0 Å². The van der Waals surface area contributed by atoms with Gasteiger partial charge >= 0.3 is 0 Å². The molecule has 3 atom stereocenters. The number of hydrogen-bond acceptors (Lipinski definition) is 2. The zero-order valence-electron chi connectivity index (χ0n) is 14.0. The maximum atomic E-state index is 10.1. The van der Waals surface area contributed by atoms with Crippen LogP contribution >= 0.6 is 0 Å². The molecule has 1 aliphatic carbocycles. The van der Waals surface area contributed by atoms with Gasteiger partial charge in [-0.25, -0.2) is 0 Å². The quantitative estimate of drug-likeness (QED) is 0.672. The van der Waals surface area contributed by atoms with Crippen molar-refractivity contribution in [3.63, 3.8) is 0 Å². The van der Waals surface area contributed by atoms with Crippen LogP contribution < -0.4 is 4.74 Å². The van der Waals surface area contributed by atoms with Crippen LogP contribution in [-0.2, 0) is 5.41 Å². The summed E-state index contributed by atoms with van der Waals surface area (Å²) in [5.74, 6) is 1.86. The monoisotopic (exact) mass is 297 g/mol. The minimum atomic E-state index is -0.392. The van der Waals surface area contributed by atoms with Crippen LogP contribution in [0.5, 0.6) is 5.75 Å². The van der Waals surface area contributed by atoms with Crippen molar-refractivity contribution in [2.24, 2.45) is 11.8 Å². The Labute approximate surface area is 134 Å². The summed E-state index contributed by atoms with van der Waals surface area (Å²) in [5.41, 5.74) is 0.747. The molecule has 0 aliphatic heterocycles. The van der Waals surface area contributed by atoms with Crippen molar-refractivity contribution in [3.8, 4) is 11.8 Å². The van der Waals surface area contributed by atoms with Crippen molar-refractivity contribution in [2.75, 3.05) is 7.11 Å². The molecule has 1 aromatic rings. The van der Waals surface area contributed by atoms with Gasteiger partial charge in [-0.2, -0.15) is 5.26 Å². The van der Waals surface area contributed by atoms with Gasteiger partial charge in [0, 0.05) is 0 Å². The summed E-state index contributed by atoms with van der Waals surface area (Å²) in [6.45, 7) is 4.38. The lowest BCUT2D eigenvalue weighted by atomic mass is 9.62. The molecule has 0 N–H and O–H groups in total. The highest BCUT2D eigenvalue weighted by atomic mass is 16.5. The largest absolute Gasteiger partial charge is 0.497 e. The molecule has 0 amide bonds. The van der Waals surface area contributed by atoms with E-state index in [0.29, 0.717) is 11.8 Å². The van der Waals surface area contributed by atoms with Crippen LogP contribution in [0.15, 0.2) is 36.4 Å². The van der Waals surface area contributed by atoms with Gasteiger partial charge in [0.2, 0.25) is 0 Å². The maximum Gasteiger partial charge on any atom is 0.118 e. The minimum absolute atomic E-state index is 0.392. The van der Waals surface area contributed by atoms with Crippen molar-refractivity contribution in [2.45, 2.75) is 51.4 Å². The standard InChI is InChI=1S/C20H27NO/c1-4-19(16-9-7-6-8-10-16)20(5-2,15-21)17-11-13-18(22-3)14-12-17/h6-7,11-14,16,19H,4-5,8-10H2,1-3H3. The van der Waals surface area contributed by atoms with E-state index in [1.807, 2.05) is 12.1 Å². The third kappa shape index (κ3) is 3.04. The van der Waals surface area contributed by atoms with Crippen molar-refractivity contribution in [1.29, 1.82) is 5.26 Å². The first-order chi connectivity index (χ1) is 10.7. The summed E-state index contributed by atoms with van der Waals surface area (Å²) >= 11 is 0. The molecule has 0 fully saturated rings. The van der Waals surface area contributed by atoms with Crippen LogP contribution in [0.25, 0.3) is 0 Å². The van der Waals surface area contributed by atoms with E-state index in [0.717, 1.165) is 37.0 Å². The molecule has 1 aliphatic rings. The Kier molecular flexibility index (Phi) is 5.66. The molecular weight excluding hydrogens is 270 g/mol. The van der Waals surface area contributed by atoms with Crippen LogP contribution in [0, 0.1) is 23.2 Å². The molecule has 2 heteroatoms. The number of hydrogen-bond donors (Lipinski definition) is 0. The van der Waals surface area contributed by atoms with Gasteiger partial charge in [0.15, 0.2) is 0 Å². The van der Waals surface area contributed by atoms with E-state index in [1.54, 1.807) is 7.11 Å². The van der Waals surface area contributed by atoms with E-state index in [-0.39, 0.29) is 0 Å². The number of nitrogens with zero attached hydrogens (tertiary/aromatic N) is 1. The number of rotatable bonds is 6. The fourth-order valence-corrected chi connectivity index (χ4v) is 4.06. The number of benzene rings is 1. The van der Waals surface area contributed by atoms with E-state index in [1.165, 1.54) is 6.42 Å². The van der Waals surface area contributed by atoms with Gasteiger partial charge in [0.25, 0.3) is 0 Å². The summed E-state index contributed by atoms with van der Waals surface area (Å²) in [6.07, 6.45) is 9.93. The van der Waals surface area contributed by atoms with Crippen LogP contribution in [0.3, 0.4) is 0 Å². The molecule has 1 aromatic carbocycles. The van der Waals surface area contributed by atoms with Crippen LogP contribution in [0.2, 0.25) is 0 Å². The first-order valence-corrected chi connectivity index (χ1v) is 8.42. The van der Waals surface area contributed by atoms with E-state index in [4.69, 9.17) is 4.74 Å². The Balaban J connectivity index is 2.40. The lowest BCUT2D eigenvalue weighted by Crippen LogP contribution is -2.38. The van der Waals surface area contributed by atoms with Crippen LogP contribution in [-0.4, -0.2) is 7.11 Å². The number of allylic oxidation sites excluding steroid dienone is 2. The molecule has 0 bridgehead atoms. The highest BCUT2D eigenvalue weighted by Crippen LogP contribution is 2.45. The predicted molar refractivity (Wildman–Crippen MR) is 90.8 cm³/mol. The summed E-state index contributed by atoms with van der Waals surface area (Å²) in [4.78, 5) is 0. The molecular formula is C20H27NO. The molecule has 22 heavy (non-hydrogen) atoms. The third-order valence-corrected chi connectivity index (χ3v) is 5.31. The number of ether oxygens (including phenoxy) is 1. The Morgan fingerprint density at radius 1 is 1.27 bits per heavy atom. The molecule has 118 valence electrons. The molecule has 0 heterocycles. The lowest BCUT2D eigenvalue weighted by molar-refractivity contribution is 0.201. The van der Waals surface area contributed by atoms with E-state index < -0.39 is 5.41 Å². The Morgan fingerprint density at radius 2 is 2.00 bits per heavy atom. The summed E-state index contributed by atoms with van der Waals surface area (Å²) < 4.78 is 5.26. The first-order valence-electron chi connectivity index (χ1n) is 8.42. The Bertz CT molecular complexity index is 540. The first kappa shape index (κ1) is 16.6. The average molecular weight is 297 g/mol. The zero-order chi connectivity index (χ0) is 16.0. The Hall–Kier alpha value is -1.75. The molecule has 2 rings (SSSR count). The van der Waals surface area contributed by atoms with Gasteiger partial charge in [0.1, 0.15) is 5.75 Å². The fraction of sp³-hybridized carbons (Fsp3) is 0.550. The van der Waals surface area contributed by atoms with Crippen molar-refractivity contribution < 1.29 is 4.74 Å². The summed E-state index contributed by atoms with van der Waals surface area (Å²) in [7, 11) is 1.68. The Morgan fingerprint density at radius 3 is 2.45 bits per heavy atom. The van der Waals surface area contributed by atoms with E-state index in [2.05, 4.69) is 44.2 Å². The van der Waals surface area contributed by atoms with Gasteiger partial charge in [-0.3, -0.25) is 0 Å². The third-order valence-electron chi connectivity index (χ3n) is 5.31. The summed E-state index contributed by atoms with van der Waals surface area (Å²) in [6, 6.07) is 10.8. The maximum absolute atomic E-state index is 10.1. The van der Waals surface area contributed by atoms with Gasteiger partial charge in [0.05, 0.1) is 18.6 Å². The highest BCUT2D eigenvalue weighted by Gasteiger charge is 2.42. The predicted octanol–water partition coefficient (Wildman–Crippen LogP) is 5.25. The second-order valence-electron chi connectivity index (χ2n) is 6.22. The normalized spacial score (nSPS) is 21.6. The fourth-order valence-electron chi connectivity index (χ4n) is 4.06. The molecule has 2 nitrogen and oxygen atoms in total. The van der Waals surface area contributed by atoms with Gasteiger partial charge in [-0.15, -0.1) is 0 Å². The topological polar surface area (TPSA) is 33.0 Å².